The number of hydrogen-bond donors (Lipinski definition) is 1. The fraction of sp³-hybridized carbons (Fsp3) is 0.545. The minimum atomic E-state index is -3.85. The van der Waals surface area contributed by atoms with E-state index in [9.17, 15) is 16.8 Å². The summed E-state index contributed by atoms with van der Waals surface area (Å²) < 4.78 is 62.6. The molecule has 3 heterocycles. The molecule has 1 aromatic carbocycles. The molecule has 0 aliphatic carbocycles. The summed E-state index contributed by atoms with van der Waals surface area (Å²) in [4.78, 5) is 2.41. The maximum atomic E-state index is 13.4. The molecule has 0 saturated carbocycles. The van der Waals surface area contributed by atoms with Crippen LogP contribution in [0.1, 0.15) is 31.6 Å². The highest BCUT2D eigenvalue weighted by Gasteiger charge is 2.46. The summed E-state index contributed by atoms with van der Waals surface area (Å²) in [7, 11) is -7.32. The number of likely N-dealkylation sites (tertiary alicyclic amines) is 1. The Morgan fingerprint density at radius 2 is 1.88 bits per heavy atom. The smallest absolute Gasteiger partial charge is 0.183 e. The third kappa shape index (κ3) is 5.03. The Morgan fingerprint density at radius 1 is 1.16 bits per heavy atom. The third-order valence-corrected chi connectivity index (χ3v) is 10.4. The van der Waals surface area contributed by atoms with Gasteiger partial charge in [0.05, 0.1) is 40.6 Å². The standard InChI is InChI=1S/C22H30N2O6S2/c1-2-29-17-7-9-18(10-8-17)32(27,28)22-16-31(25,26)15-19(22)23-14-20(21-6-5-13-30-21)24-11-3-4-12-24/h5-10,13,19-20,22-23H,2-4,11-12,14-16H2,1H3/t19-,20?,22-/m0/s1. The van der Waals surface area contributed by atoms with Crippen LogP contribution in [0.2, 0.25) is 0 Å². The highest BCUT2D eigenvalue weighted by Crippen LogP contribution is 2.29. The number of benzene rings is 1. The number of hydrogen-bond acceptors (Lipinski definition) is 8. The SMILES string of the molecule is CCOc1ccc(S(=O)(=O)[C@H]2CS(=O)(=O)C[C@@H]2NCC(c2ccco2)N2CCCC2)cc1. The Labute approximate surface area is 189 Å². The molecule has 2 aliphatic heterocycles. The van der Waals surface area contributed by atoms with Crippen molar-refractivity contribution in [1.82, 2.24) is 10.2 Å². The summed E-state index contributed by atoms with van der Waals surface area (Å²) in [6.45, 7) is 4.62. The van der Waals surface area contributed by atoms with E-state index in [1.807, 2.05) is 19.1 Å². The average Bonchev–Trinajstić information content (AvgIpc) is 3.51. The first kappa shape index (κ1) is 23.3. The highest BCUT2D eigenvalue weighted by molar-refractivity contribution is 7.96. The largest absolute Gasteiger partial charge is 0.494 e. The average molecular weight is 483 g/mol. The van der Waals surface area contributed by atoms with Crippen LogP contribution in [0.5, 0.6) is 5.75 Å². The summed E-state index contributed by atoms with van der Waals surface area (Å²) in [6, 6.07) is 9.16. The van der Waals surface area contributed by atoms with E-state index >= 15 is 0 Å². The molecule has 0 spiro atoms. The molecule has 2 saturated heterocycles. The van der Waals surface area contributed by atoms with Crippen molar-refractivity contribution in [3.05, 3.63) is 48.4 Å². The fourth-order valence-electron chi connectivity index (χ4n) is 4.59. The molecule has 2 aromatic rings. The first-order chi connectivity index (χ1) is 15.3. The van der Waals surface area contributed by atoms with Gasteiger partial charge in [-0.1, -0.05) is 0 Å². The van der Waals surface area contributed by atoms with Crippen molar-refractivity contribution < 1.29 is 26.0 Å². The maximum Gasteiger partial charge on any atom is 0.183 e. The van der Waals surface area contributed by atoms with Gasteiger partial charge in [0, 0.05) is 12.6 Å². The van der Waals surface area contributed by atoms with Gasteiger partial charge in [-0.2, -0.15) is 0 Å². The zero-order valence-corrected chi connectivity index (χ0v) is 19.8. The fourth-order valence-corrected chi connectivity index (χ4v) is 9.30. The second-order valence-electron chi connectivity index (χ2n) is 8.35. The van der Waals surface area contributed by atoms with E-state index in [1.54, 1.807) is 18.4 Å². The molecule has 3 atom stereocenters. The number of furan rings is 1. The Hall–Kier alpha value is -1.88. The zero-order valence-electron chi connectivity index (χ0n) is 18.1. The topological polar surface area (TPSA) is 106 Å². The van der Waals surface area contributed by atoms with Gasteiger partial charge in [0.2, 0.25) is 0 Å². The van der Waals surface area contributed by atoms with Gasteiger partial charge < -0.3 is 14.5 Å². The normalized spacial score (nSPS) is 24.5. The van der Waals surface area contributed by atoms with E-state index in [0.29, 0.717) is 18.9 Å². The van der Waals surface area contributed by atoms with Gasteiger partial charge >= 0.3 is 0 Å². The van der Waals surface area contributed by atoms with E-state index in [1.165, 1.54) is 12.1 Å². The number of sulfone groups is 2. The van der Waals surface area contributed by atoms with E-state index in [-0.39, 0.29) is 22.4 Å². The van der Waals surface area contributed by atoms with Crippen molar-refractivity contribution in [2.75, 3.05) is 37.7 Å². The molecule has 1 aromatic heterocycles. The molecule has 2 aliphatic rings. The molecular weight excluding hydrogens is 452 g/mol. The van der Waals surface area contributed by atoms with Crippen molar-refractivity contribution in [3.63, 3.8) is 0 Å². The monoisotopic (exact) mass is 482 g/mol. The molecule has 0 amide bonds. The highest BCUT2D eigenvalue weighted by atomic mass is 32.2. The molecule has 0 radical (unpaired) electrons. The number of rotatable bonds is 9. The molecular formula is C22H30N2O6S2. The van der Waals surface area contributed by atoms with E-state index in [2.05, 4.69) is 10.2 Å². The van der Waals surface area contributed by atoms with Gasteiger partial charge in [0.15, 0.2) is 19.7 Å². The molecule has 32 heavy (non-hydrogen) atoms. The lowest BCUT2D eigenvalue weighted by molar-refractivity contribution is 0.206. The molecule has 1 unspecified atom stereocenters. The Bertz CT molecular complexity index is 1090. The van der Waals surface area contributed by atoms with Gasteiger partial charge in [-0.25, -0.2) is 16.8 Å². The second-order valence-corrected chi connectivity index (χ2v) is 12.7. The minimum Gasteiger partial charge on any atom is -0.494 e. The predicted octanol–water partition coefficient (Wildman–Crippen LogP) is 2.04. The lowest BCUT2D eigenvalue weighted by Gasteiger charge is -2.28. The van der Waals surface area contributed by atoms with Crippen molar-refractivity contribution in [2.24, 2.45) is 0 Å². The number of nitrogens with one attached hydrogen (secondary N) is 1. The second kappa shape index (κ2) is 9.54. The van der Waals surface area contributed by atoms with E-state index in [0.717, 1.165) is 31.7 Å². The number of nitrogens with zero attached hydrogens (tertiary/aromatic N) is 1. The summed E-state index contributed by atoms with van der Waals surface area (Å²) in [5.41, 5.74) is 0. The molecule has 4 rings (SSSR count). The van der Waals surface area contributed by atoms with Gasteiger partial charge in [-0.3, -0.25) is 4.90 Å². The Morgan fingerprint density at radius 3 is 2.50 bits per heavy atom. The van der Waals surface area contributed by atoms with Crippen LogP contribution in [-0.2, 0) is 19.7 Å². The molecule has 2 fully saturated rings. The third-order valence-electron chi connectivity index (χ3n) is 6.19. The van der Waals surface area contributed by atoms with Crippen LogP contribution < -0.4 is 10.1 Å². The lowest BCUT2D eigenvalue weighted by atomic mass is 10.1. The Balaban J connectivity index is 1.54. The first-order valence-corrected chi connectivity index (χ1v) is 14.3. The number of ether oxygens (including phenoxy) is 1. The molecule has 8 nitrogen and oxygen atoms in total. The first-order valence-electron chi connectivity index (χ1n) is 11.0. The van der Waals surface area contributed by atoms with Crippen LogP contribution >= 0.6 is 0 Å². The summed E-state index contributed by atoms with van der Waals surface area (Å²) in [6.07, 6.45) is 3.82. The van der Waals surface area contributed by atoms with Gasteiger partial charge in [-0.05, 0) is 69.3 Å². The van der Waals surface area contributed by atoms with Gasteiger partial charge in [0.25, 0.3) is 0 Å². The van der Waals surface area contributed by atoms with Crippen molar-refractivity contribution in [2.45, 2.75) is 42.0 Å². The zero-order chi connectivity index (χ0) is 22.8. The minimum absolute atomic E-state index is 0.0652. The summed E-state index contributed by atoms with van der Waals surface area (Å²) >= 11 is 0. The van der Waals surface area contributed by atoms with Gasteiger partial charge in [-0.15, -0.1) is 0 Å². The summed E-state index contributed by atoms with van der Waals surface area (Å²) in [5.74, 6) is 0.798. The van der Waals surface area contributed by atoms with Crippen LogP contribution in [-0.4, -0.2) is 70.8 Å². The van der Waals surface area contributed by atoms with Crippen LogP contribution in [0, 0.1) is 0 Å². The van der Waals surface area contributed by atoms with Crippen LogP contribution in [0.25, 0.3) is 0 Å². The molecule has 176 valence electrons. The molecule has 1 N–H and O–H groups in total. The molecule has 10 heteroatoms. The van der Waals surface area contributed by atoms with Crippen LogP contribution in [0.15, 0.2) is 52.0 Å². The van der Waals surface area contributed by atoms with Crippen LogP contribution in [0.3, 0.4) is 0 Å². The van der Waals surface area contributed by atoms with Crippen molar-refractivity contribution in [3.8, 4) is 5.75 Å². The van der Waals surface area contributed by atoms with Crippen LogP contribution in [0.4, 0.5) is 0 Å². The maximum absolute atomic E-state index is 13.4. The predicted molar refractivity (Wildman–Crippen MR) is 121 cm³/mol. The summed E-state index contributed by atoms with van der Waals surface area (Å²) in [5, 5.41) is 2.23. The molecule has 0 bridgehead atoms. The Kier molecular flexibility index (Phi) is 6.94. The van der Waals surface area contributed by atoms with E-state index < -0.39 is 31.0 Å². The van der Waals surface area contributed by atoms with Crippen molar-refractivity contribution in [1.29, 1.82) is 0 Å². The quantitative estimate of drug-likeness (QED) is 0.579. The van der Waals surface area contributed by atoms with E-state index in [4.69, 9.17) is 9.15 Å². The van der Waals surface area contributed by atoms with Crippen molar-refractivity contribution >= 4 is 19.7 Å². The lowest BCUT2D eigenvalue weighted by Crippen LogP contribution is -2.46. The van der Waals surface area contributed by atoms with Gasteiger partial charge in [0.1, 0.15) is 11.5 Å².